The highest BCUT2D eigenvalue weighted by Gasteiger charge is 2.29. The fraction of sp³-hybridized carbons (Fsp3) is 0.278. The molecule has 2 aromatic rings. The van der Waals surface area contributed by atoms with Gasteiger partial charge in [-0.15, -0.1) is 0 Å². The molecule has 108 valence electrons. The van der Waals surface area contributed by atoms with E-state index in [0.717, 1.165) is 22.3 Å². The van der Waals surface area contributed by atoms with Crippen molar-refractivity contribution in [2.45, 2.75) is 26.9 Å². The van der Waals surface area contributed by atoms with E-state index in [2.05, 4.69) is 0 Å². The molecule has 1 aliphatic heterocycles. The normalized spacial score (nSPS) is 16.6. The quantitative estimate of drug-likeness (QED) is 0.789. The van der Waals surface area contributed by atoms with Crippen molar-refractivity contribution in [2.75, 3.05) is 6.61 Å². The van der Waals surface area contributed by atoms with Gasteiger partial charge in [-0.25, -0.2) is 0 Å². The van der Waals surface area contributed by atoms with Crippen LogP contribution in [0.15, 0.2) is 36.4 Å². The lowest BCUT2D eigenvalue weighted by Gasteiger charge is -2.26. The fourth-order valence-electron chi connectivity index (χ4n) is 2.88. The van der Waals surface area contributed by atoms with Crippen LogP contribution in [0.2, 0.25) is 0 Å². The predicted molar refractivity (Wildman–Crippen MR) is 81.3 cm³/mol. The van der Waals surface area contributed by atoms with Gasteiger partial charge in [0.05, 0.1) is 0 Å². The lowest BCUT2D eigenvalue weighted by atomic mass is 9.94. The van der Waals surface area contributed by atoms with Gasteiger partial charge < -0.3 is 9.47 Å². The molecular formula is C18H18O3. The van der Waals surface area contributed by atoms with Crippen molar-refractivity contribution >= 4 is 5.78 Å². The summed E-state index contributed by atoms with van der Waals surface area (Å²) in [5.41, 5.74) is 3.88. The standard InChI is InChI=1S/C18H18O3/c1-11-8-12(2)17(13(3)9-11)18(19)16-10-20-14-6-4-5-7-15(14)21-16/h4-9,16H,10H2,1-3H3. The first-order chi connectivity index (χ1) is 10.1. The van der Waals surface area contributed by atoms with Gasteiger partial charge in [-0.2, -0.15) is 0 Å². The summed E-state index contributed by atoms with van der Waals surface area (Å²) < 4.78 is 11.5. The predicted octanol–water partition coefficient (Wildman–Crippen LogP) is 3.63. The molecule has 1 heterocycles. The molecule has 0 aliphatic carbocycles. The Kier molecular flexibility index (Phi) is 3.42. The maximum atomic E-state index is 12.8. The van der Waals surface area contributed by atoms with E-state index in [0.29, 0.717) is 11.5 Å². The minimum absolute atomic E-state index is 0.0143. The second-order valence-electron chi connectivity index (χ2n) is 5.50. The second kappa shape index (κ2) is 5.24. The van der Waals surface area contributed by atoms with E-state index in [9.17, 15) is 4.79 Å². The van der Waals surface area contributed by atoms with Crippen LogP contribution in [0.1, 0.15) is 27.0 Å². The summed E-state index contributed by atoms with van der Waals surface area (Å²) in [5, 5.41) is 0. The summed E-state index contributed by atoms with van der Waals surface area (Å²) in [6.45, 7) is 6.21. The van der Waals surface area contributed by atoms with Crippen LogP contribution in [-0.2, 0) is 0 Å². The van der Waals surface area contributed by atoms with E-state index < -0.39 is 6.10 Å². The highest BCUT2D eigenvalue weighted by molar-refractivity contribution is 6.02. The highest BCUT2D eigenvalue weighted by Crippen LogP contribution is 2.32. The van der Waals surface area contributed by atoms with Crippen molar-refractivity contribution < 1.29 is 14.3 Å². The largest absolute Gasteiger partial charge is 0.485 e. The van der Waals surface area contributed by atoms with Gasteiger partial charge in [0.15, 0.2) is 17.6 Å². The number of Topliss-reactive ketones (excluding diaryl/α,β-unsaturated/α-hetero) is 1. The molecule has 1 aliphatic rings. The van der Waals surface area contributed by atoms with Crippen molar-refractivity contribution in [3.63, 3.8) is 0 Å². The molecule has 0 N–H and O–H groups in total. The number of para-hydroxylation sites is 2. The summed E-state index contributed by atoms with van der Waals surface area (Å²) in [6.07, 6.45) is -0.583. The Balaban J connectivity index is 1.91. The third-order valence-electron chi connectivity index (χ3n) is 3.72. The zero-order valence-corrected chi connectivity index (χ0v) is 12.5. The number of rotatable bonds is 2. The molecule has 3 rings (SSSR count). The number of aryl methyl sites for hydroxylation is 3. The molecule has 0 saturated heterocycles. The van der Waals surface area contributed by atoms with Gasteiger partial charge in [-0.05, 0) is 44.0 Å². The highest BCUT2D eigenvalue weighted by atomic mass is 16.6. The van der Waals surface area contributed by atoms with Gasteiger partial charge in [0.2, 0.25) is 5.78 Å². The molecule has 0 spiro atoms. The minimum atomic E-state index is -0.583. The SMILES string of the molecule is Cc1cc(C)c(C(=O)C2COc3ccccc3O2)c(C)c1. The van der Waals surface area contributed by atoms with Crippen molar-refractivity contribution in [2.24, 2.45) is 0 Å². The second-order valence-corrected chi connectivity index (χ2v) is 5.50. The maximum absolute atomic E-state index is 12.8. The third-order valence-corrected chi connectivity index (χ3v) is 3.72. The molecule has 0 fully saturated rings. The lowest BCUT2D eigenvalue weighted by Crippen LogP contribution is -2.37. The number of carbonyl (C=O) groups excluding carboxylic acids is 1. The average molecular weight is 282 g/mol. The van der Waals surface area contributed by atoms with Gasteiger partial charge >= 0.3 is 0 Å². The maximum Gasteiger partial charge on any atom is 0.207 e. The molecular weight excluding hydrogens is 264 g/mol. The van der Waals surface area contributed by atoms with Crippen LogP contribution in [0.5, 0.6) is 11.5 Å². The number of carbonyl (C=O) groups is 1. The summed E-state index contributed by atoms with van der Waals surface area (Å²) in [4.78, 5) is 12.8. The molecule has 1 unspecified atom stereocenters. The number of ketones is 1. The molecule has 0 radical (unpaired) electrons. The molecule has 3 nitrogen and oxygen atoms in total. The summed E-state index contributed by atoms with van der Waals surface area (Å²) in [7, 11) is 0. The average Bonchev–Trinajstić information content (AvgIpc) is 2.45. The van der Waals surface area contributed by atoms with E-state index in [-0.39, 0.29) is 12.4 Å². The van der Waals surface area contributed by atoms with Gasteiger partial charge in [-0.1, -0.05) is 29.8 Å². The van der Waals surface area contributed by atoms with E-state index in [1.165, 1.54) is 0 Å². The Labute approximate surface area is 124 Å². The van der Waals surface area contributed by atoms with Crippen LogP contribution in [0.25, 0.3) is 0 Å². The smallest absolute Gasteiger partial charge is 0.207 e. The summed E-state index contributed by atoms with van der Waals surface area (Å²) >= 11 is 0. The zero-order chi connectivity index (χ0) is 15.0. The summed E-state index contributed by atoms with van der Waals surface area (Å²) in [6, 6.07) is 11.5. The van der Waals surface area contributed by atoms with Crippen LogP contribution in [0.4, 0.5) is 0 Å². The Bertz CT molecular complexity index is 680. The molecule has 1 atom stereocenters. The number of ether oxygens (including phenoxy) is 2. The van der Waals surface area contributed by atoms with E-state index >= 15 is 0 Å². The molecule has 2 aromatic carbocycles. The van der Waals surface area contributed by atoms with E-state index in [1.807, 2.05) is 57.2 Å². The van der Waals surface area contributed by atoms with Gasteiger partial charge in [0, 0.05) is 5.56 Å². The van der Waals surface area contributed by atoms with Crippen molar-refractivity contribution in [1.82, 2.24) is 0 Å². The Morgan fingerprint density at radius 1 is 1.05 bits per heavy atom. The number of hydrogen-bond donors (Lipinski definition) is 0. The molecule has 0 aromatic heterocycles. The molecule has 0 bridgehead atoms. The lowest BCUT2D eigenvalue weighted by molar-refractivity contribution is 0.0584. The molecule has 0 amide bonds. The molecule has 21 heavy (non-hydrogen) atoms. The topological polar surface area (TPSA) is 35.5 Å². The fourth-order valence-corrected chi connectivity index (χ4v) is 2.88. The Hall–Kier alpha value is -2.29. The minimum Gasteiger partial charge on any atom is -0.485 e. The molecule has 3 heteroatoms. The van der Waals surface area contributed by atoms with E-state index in [1.54, 1.807) is 0 Å². The van der Waals surface area contributed by atoms with Gasteiger partial charge in [-0.3, -0.25) is 4.79 Å². The van der Waals surface area contributed by atoms with Crippen LogP contribution in [0, 0.1) is 20.8 Å². The monoisotopic (exact) mass is 282 g/mol. The van der Waals surface area contributed by atoms with Crippen molar-refractivity contribution in [1.29, 1.82) is 0 Å². The van der Waals surface area contributed by atoms with Crippen LogP contribution in [0.3, 0.4) is 0 Å². The number of hydrogen-bond acceptors (Lipinski definition) is 3. The number of fused-ring (bicyclic) bond motifs is 1. The van der Waals surface area contributed by atoms with Crippen LogP contribution >= 0.6 is 0 Å². The first-order valence-corrected chi connectivity index (χ1v) is 7.07. The summed E-state index contributed by atoms with van der Waals surface area (Å²) in [5.74, 6) is 1.31. The first-order valence-electron chi connectivity index (χ1n) is 7.07. The van der Waals surface area contributed by atoms with Gasteiger partial charge in [0.25, 0.3) is 0 Å². The number of benzene rings is 2. The van der Waals surface area contributed by atoms with Gasteiger partial charge in [0.1, 0.15) is 6.61 Å². The first kappa shape index (κ1) is 13.7. The van der Waals surface area contributed by atoms with Crippen molar-refractivity contribution in [3.8, 4) is 11.5 Å². The van der Waals surface area contributed by atoms with Crippen LogP contribution < -0.4 is 9.47 Å². The zero-order valence-electron chi connectivity index (χ0n) is 12.5. The van der Waals surface area contributed by atoms with Crippen LogP contribution in [-0.4, -0.2) is 18.5 Å². The Morgan fingerprint density at radius 2 is 1.67 bits per heavy atom. The molecule has 0 saturated carbocycles. The third kappa shape index (κ3) is 2.51. The Morgan fingerprint density at radius 3 is 2.33 bits per heavy atom. The van der Waals surface area contributed by atoms with Crippen molar-refractivity contribution in [3.05, 3.63) is 58.7 Å². The van der Waals surface area contributed by atoms with E-state index in [4.69, 9.17) is 9.47 Å².